The van der Waals surface area contributed by atoms with Crippen molar-refractivity contribution in [2.45, 2.75) is 38.1 Å². The first-order chi connectivity index (χ1) is 10.7. The van der Waals surface area contributed by atoms with Crippen LogP contribution in [0.3, 0.4) is 0 Å². The second-order valence-corrected chi connectivity index (χ2v) is 6.49. The summed E-state index contributed by atoms with van der Waals surface area (Å²) in [5.41, 5.74) is 0.00269. The van der Waals surface area contributed by atoms with Gasteiger partial charge in [0.15, 0.2) is 5.82 Å². The highest BCUT2D eigenvalue weighted by Crippen LogP contribution is 2.19. The summed E-state index contributed by atoms with van der Waals surface area (Å²) >= 11 is 0. The Bertz CT molecular complexity index is 572. The van der Waals surface area contributed by atoms with E-state index in [0.717, 1.165) is 38.4 Å². The van der Waals surface area contributed by atoms with Gasteiger partial charge in [-0.1, -0.05) is 12.2 Å². The number of nitrogens with one attached hydrogen (secondary N) is 1. The van der Waals surface area contributed by atoms with Crippen molar-refractivity contribution in [3.05, 3.63) is 34.9 Å². The molecule has 22 heavy (non-hydrogen) atoms. The maximum Gasteiger partial charge on any atom is 0.293 e. The molecule has 1 N–H and O–H groups in total. The molecular formula is C17H26N4O. The summed E-state index contributed by atoms with van der Waals surface area (Å²) in [5.74, 6) is 1.40. The van der Waals surface area contributed by atoms with E-state index < -0.39 is 0 Å². The van der Waals surface area contributed by atoms with Gasteiger partial charge >= 0.3 is 0 Å². The highest BCUT2D eigenvalue weighted by molar-refractivity contribution is 5.36. The highest BCUT2D eigenvalue weighted by atomic mass is 16.1. The van der Waals surface area contributed by atoms with Gasteiger partial charge in [0.2, 0.25) is 0 Å². The van der Waals surface area contributed by atoms with Crippen LogP contribution in [0.2, 0.25) is 0 Å². The fourth-order valence-electron chi connectivity index (χ4n) is 3.37. The number of anilines is 1. The molecule has 1 aliphatic carbocycles. The summed E-state index contributed by atoms with van der Waals surface area (Å²) < 4.78 is 1.60. The van der Waals surface area contributed by atoms with Crippen molar-refractivity contribution in [3.63, 3.8) is 0 Å². The number of aromatic nitrogens is 2. The van der Waals surface area contributed by atoms with Crippen molar-refractivity contribution < 1.29 is 0 Å². The Hall–Kier alpha value is -1.62. The molecule has 0 radical (unpaired) electrons. The van der Waals surface area contributed by atoms with E-state index in [9.17, 15) is 4.79 Å². The van der Waals surface area contributed by atoms with E-state index >= 15 is 0 Å². The molecule has 2 heterocycles. The van der Waals surface area contributed by atoms with Gasteiger partial charge in [-0.25, -0.2) is 4.98 Å². The van der Waals surface area contributed by atoms with E-state index in [1.807, 2.05) is 0 Å². The second kappa shape index (κ2) is 7.09. The molecule has 3 rings (SSSR count). The van der Waals surface area contributed by atoms with E-state index in [-0.39, 0.29) is 5.56 Å². The zero-order valence-electron chi connectivity index (χ0n) is 13.4. The third-order valence-electron chi connectivity index (χ3n) is 4.87. The van der Waals surface area contributed by atoms with Gasteiger partial charge in [-0.05, 0) is 44.6 Å². The van der Waals surface area contributed by atoms with Gasteiger partial charge in [0.05, 0.1) is 0 Å². The number of hydrogen-bond donors (Lipinski definition) is 1. The van der Waals surface area contributed by atoms with Crippen LogP contribution in [0.4, 0.5) is 5.82 Å². The van der Waals surface area contributed by atoms with Crippen LogP contribution in [0, 0.1) is 5.92 Å². The predicted octanol–water partition coefficient (Wildman–Crippen LogP) is 1.69. The smallest absolute Gasteiger partial charge is 0.293 e. The molecule has 1 aromatic heterocycles. The molecule has 0 aromatic carbocycles. The van der Waals surface area contributed by atoms with E-state index in [2.05, 4.69) is 27.4 Å². The van der Waals surface area contributed by atoms with E-state index in [0.29, 0.717) is 11.9 Å². The molecular weight excluding hydrogens is 276 g/mol. The largest absolute Gasteiger partial charge is 0.352 e. The molecule has 0 amide bonds. The zero-order valence-corrected chi connectivity index (χ0v) is 13.4. The van der Waals surface area contributed by atoms with Crippen LogP contribution in [0.15, 0.2) is 29.3 Å². The van der Waals surface area contributed by atoms with Crippen LogP contribution in [0.5, 0.6) is 0 Å². The fourth-order valence-corrected chi connectivity index (χ4v) is 3.37. The summed E-state index contributed by atoms with van der Waals surface area (Å²) in [5, 5.41) is 3.73. The average Bonchev–Trinajstić information content (AvgIpc) is 2.57. The van der Waals surface area contributed by atoms with Gasteiger partial charge < -0.3 is 14.8 Å². The molecule has 1 atom stereocenters. The second-order valence-electron chi connectivity index (χ2n) is 6.49. The standard InChI is InChI=1S/C17H26N4O/c1-20-12-9-18-16(17(20)22)21-10-7-15(8-11-21)19-13-14-5-3-2-4-6-14/h2-3,9,12,14-15,19H,4-8,10-11,13H2,1H3. The van der Waals surface area contributed by atoms with Crippen LogP contribution in [0.25, 0.3) is 0 Å². The predicted molar refractivity (Wildman–Crippen MR) is 89.2 cm³/mol. The summed E-state index contributed by atoms with van der Waals surface area (Å²) in [6, 6.07) is 0.578. The first-order valence-electron chi connectivity index (χ1n) is 8.39. The monoisotopic (exact) mass is 302 g/mol. The number of nitrogens with zero attached hydrogens (tertiary/aromatic N) is 3. The minimum Gasteiger partial charge on any atom is -0.352 e. The number of piperidine rings is 1. The number of allylic oxidation sites excluding steroid dienone is 2. The molecule has 1 aliphatic heterocycles. The topological polar surface area (TPSA) is 50.2 Å². The van der Waals surface area contributed by atoms with Crippen molar-refractivity contribution in [1.29, 1.82) is 0 Å². The van der Waals surface area contributed by atoms with Crippen LogP contribution in [0.1, 0.15) is 32.1 Å². The number of rotatable bonds is 4. The van der Waals surface area contributed by atoms with Crippen LogP contribution in [-0.2, 0) is 7.05 Å². The number of hydrogen-bond acceptors (Lipinski definition) is 4. The van der Waals surface area contributed by atoms with Crippen LogP contribution < -0.4 is 15.8 Å². The normalized spacial score (nSPS) is 23.0. The van der Waals surface area contributed by atoms with E-state index in [1.165, 1.54) is 19.3 Å². The molecule has 120 valence electrons. The van der Waals surface area contributed by atoms with Gasteiger partial charge in [-0.3, -0.25) is 4.79 Å². The minimum absolute atomic E-state index is 0.00269. The molecule has 0 saturated carbocycles. The van der Waals surface area contributed by atoms with Gasteiger partial charge in [-0.15, -0.1) is 0 Å². The van der Waals surface area contributed by atoms with Crippen LogP contribution in [-0.4, -0.2) is 35.2 Å². The maximum atomic E-state index is 12.1. The minimum atomic E-state index is 0.00269. The summed E-state index contributed by atoms with van der Waals surface area (Å²) in [6.45, 7) is 2.95. The fraction of sp³-hybridized carbons (Fsp3) is 0.647. The molecule has 0 spiro atoms. The number of aryl methyl sites for hydroxylation is 1. The van der Waals surface area contributed by atoms with Crippen molar-refractivity contribution in [2.75, 3.05) is 24.5 Å². The SMILES string of the molecule is Cn1ccnc(N2CCC(NCC3CC=CCC3)CC2)c1=O. The van der Waals surface area contributed by atoms with Crippen molar-refractivity contribution in [2.24, 2.45) is 13.0 Å². The molecule has 0 bridgehead atoms. The molecule has 1 saturated heterocycles. The lowest BCUT2D eigenvalue weighted by Crippen LogP contribution is -2.45. The van der Waals surface area contributed by atoms with Gasteiger partial charge in [0.1, 0.15) is 0 Å². The van der Waals surface area contributed by atoms with Crippen molar-refractivity contribution in [3.8, 4) is 0 Å². The lowest BCUT2D eigenvalue weighted by molar-refractivity contribution is 0.360. The lowest BCUT2D eigenvalue weighted by Gasteiger charge is -2.33. The zero-order chi connectivity index (χ0) is 15.4. The van der Waals surface area contributed by atoms with Gasteiger partial charge in [-0.2, -0.15) is 0 Å². The Morgan fingerprint density at radius 1 is 1.27 bits per heavy atom. The van der Waals surface area contributed by atoms with Crippen molar-refractivity contribution >= 4 is 5.82 Å². The molecule has 2 aliphatic rings. The Morgan fingerprint density at radius 3 is 2.82 bits per heavy atom. The summed E-state index contributed by atoms with van der Waals surface area (Å²) in [4.78, 5) is 18.5. The molecule has 1 aromatic rings. The molecule has 5 nitrogen and oxygen atoms in total. The average molecular weight is 302 g/mol. The van der Waals surface area contributed by atoms with Gasteiger partial charge in [0, 0.05) is 38.6 Å². The van der Waals surface area contributed by atoms with E-state index in [4.69, 9.17) is 0 Å². The Morgan fingerprint density at radius 2 is 2.09 bits per heavy atom. The summed E-state index contributed by atoms with van der Waals surface area (Å²) in [7, 11) is 1.78. The molecule has 1 fully saturated rings. The third kappa shape index (κ3) is 3.58. The quantitative estimate of drug-likeness (QED) is 0.860. The first-order valence-corrected chi connectivity index (χ1v) is 8.39. The Labute approximate surface area is 132 Å². The highest BCUT2D eigenvalue weighted by Gasteiger charge is 2.22. The molecule has 1 unspecified atom stereocenters. The Balaban J connectivity index is 1.49. The molecule has 5 heteroatoms. The first kappa shape index (κ1) is 15.3. The van der Waals surface area contributed by atoms with Crippen LogP contribution >= 0.6 is 0 Å². The van der Waals surface area contributed by atoms with E-state index in [1.54, 1.807) is 24.0 Å². The maximum absolute atomic E-state index is 12.1. The third-order valence-corrected chi connectivity index (χ3v) is 4.87. The van der Waals surface area contributed by atoms with Gasteiger partial charge in [0.25, 0.3) is 5.56 Å². The summed E-state index contributed by atoms with van der Waals surface area (Å²) in [6.07, 6.45) is 14.0. The Kier molecular flexibility index (Phi) is 4.93. The lowest BCUT2D eigenvalue weighted by atomic mass is 9.93. The van der Waals surface area contributed by atoms with Crippen molar-refractivity contribution in [1.82, 2.24) is 14.9 Å².